The van der Waals surface area contributed by atoms with Gasteiger partial charge in [0.25, 0.3) is 11.7 Å². The highest BCUT2D eigenvalue weighted by Crippen LogP contribution is 2.40. The van der Waals surface area contributed by atoms with Crippen molar-refractivity contribution in [2.75, 3.05) is 7.11 Å². The first-order chi connectivity index (χ1) is 16.4. The largest absolute Gasteiger partial charge is 0.507 e. The Bertz CT molecular complexity index is 1200. The minimum Gasteiger partial charge on any atom is -0.507 e. The summed E-state index contributed by atoms with van der Waals surface area (Å²) in [6.45, 7) is 4.03. The third-order valence-electron chi connectivity index (χ3n) is 5.55. The number of rotatable bonds is 7. The fourth-order valence-electron chi connectivity index (χ4n) is 3.97. The first kappa shape index (κ1) is 23.0. The van der Waals surface area contributed by atoms with Gasteiger partial charge in [-0.05, 0) is 67.4 Å². The second-order valence-electron chi connectivity index (χ2n) is 8.25. The highest BCUT2D eigenvalue weighted by molar-refractivity contribution is 6.46. The second-order valence-corrected chi connectivity index (χ2v) is 8.25. The van der Waals surface area contributed by atoms with Gasteiger partial charge in [-0.1, -0.05) is 18.2 Å². The van der Waals surface area contributed by atoms with E-state index in [0.29, 0.717) is 22.6 Å². The van der Waals surface area contributed by atoms with Crippen molar-refractivity contribution in [3.8, 4) is 11.5 Å². The molecular formula is C27H26N2O5. The zero-order valence-corrected chi connectivity index (χ0v) is 19.3. The number of hydrogen-bond acceptors (Lipinski definition) is 6. The summed E-state index contributed by atoms with van der Waals surface area (Å²) in [6.07, 6.45) is 3.23. The third kappa shape index (κ3) is 4.64. The number of aliphatic hydroxyl groups excluding tert-OH is 1. The van der Waals surface area contributed by atoms with Gasteiger partial charge in [-0.25, -0.2) is 0 Å². The summed E-state index contributed by atoms with van der Waals surface area (Å²) < 4.78 is 10.9. The van der Waals surface area contributed by atoms with Crippen molar-refractivity contribution in [3.05, 3.63) is 95.3 Å². The van der Waals surface area contributed by atoms with E-state index in [2.05, 4.69) is 4.98 Å². The van der Waals surface area contributed by atoms with Gasteiger partial charge in [0.05, 0.1) is 24.8 Å². The van der Waals surface area contributed by atoms with E-state index in [1.807, 2.05) is 26.0 Å². The lowest BCUT2D eigenvalue weighted by molar-refractivity contribution is -0.140. The van der Waals surface area contributed by atoms with Gasteiger partial charge in [0.15, 0.2) is 0 Å². The average Bonchev–Trinajstić information content (AvgIpc) is 3.09. The van der Waals surface area contributed by atoms with Crippen molar-refractivity contribution in [2.24, 2.45) is 0 Å². The molecule has 3 aromatic rings. The summed E-state index contributed by atoms with van der Waals surface area (Å²) in [4.78, 5) is 31.9. The fourth-order valence-corrected chi connectivity index (χ4v) is 3.97. The van der Waals surface area contributed by atoms with E-state index >= 15 is 0 Å². The number of Topliss-reactive ketones (excluding diaryl/α,β-unsaturated/α-hetero) is 1. The summed E-state index contributed by atoms with van der Waals surface area (Å²) in [5, 5.41) is 11.2. The average molecular weight is 459 g/mol. The molecule has 1 amide bonds. The standard InChI is InChI=1S/C27H26N2O5/c1-17(2)34-22-12-8-19(9-13-22)25(30)23-24(20-5-4-14-28-15-20)29(27(32)26(23)31)16-18-6-10-21(33-3)11-7-18/h4-15,17,24,30H,16H2,1-3H3/b25-23-. The lowest BCUT2D eigenvalue weighted by Crippen LogP contribution is -2.29. The zero-order chi connectivity index (χ0) is 24.2. The van der Waals surface area contributed by atoms with E-state index < -0.39 is 17.7 Å². The molecule has 0 spiro atoms. The normalized spacial score (nSPS) is 17.3. The van der Waals surface area contributed by atoms with Gasteiger partial charge in [0, 0.05) is 24.5 Å². The van der Waals surface area contributed by atoms with Crippen molar-refractivity contribution in [3.63, 3.8) is 0 Å². The molecule has 1 atom stereocenters. The van der Waals surface area contributed by atoms with Crippen molar-refractivity contribution in [1.29, 1.82) is 0 Å². The van der Waals surface area contributed by atoms with Gasteiger partial charge in [0.2, 0.25) is 0 Å². The van der Waals surface area contributed by atoms with Gasteiger partial charge in [-0.3, -0.25) is 14.6 Å². The summed E-state index contributed by atoms with van der Waals surface area (Å²) >= 11 is 0. The molecule has 1 unspecified atom stereocenters. The van der Waals surface area contributed by atoms with E-state index in [0.717, 1.165) is 5.56 Å². The Labute approximate surface area is 198 Å². The van der Waals surface area contributed by atoms with Crippen LogP contribution in [0.1, 0.15) is 36.6 Å². The number of hydrogen-bond donors (Lipinski definition) is 1. The number of carbonyl (C=O) groups excluding carboxylic acids is 2. The summed E-state index contributed by atoms with van der Waals surface area (Å²) in [6, 6.07) is 16.8. The van der Waals surface area contributed by atoms with Gasteiger partial charge in [-0.2, -0.15) is 0 Å². The number of amides is 1. The van der Waals surface area contributed by atoms with Crippen LogP contribution >= 0.6 is 0 Å². The van der Waals surface area contributed by atoms with E-state index in [9.17, 15) is 14.7 Å². The molecule has 4 rings (SSSR count). The van der Waals surface area contributed by atoms with Crippen LogP contribution in [0.4, 0.5) is 0 Å². The highest BCUT2D eigenvalue weighted by Gasteiger charge is 2.46. The molecule has 0 aliphatic carbocycles. The molecule has 1 saturated heterocycles. The molecule has 0 bridgehead atoms. The van der Waals surface area contributed by atoms with Crippen LogP contribution in [0.3, 0.4) is 0 Å². The molecule has 34 heavy (non-hydrogen) atoms. The Morgan fingerprint density at radius 2 is 1.71 bits per heavy atom. The number of nitrogens with zero attached hydrogens (tertiary/aromatic N) is 2. The molecule has 0 radical (unpaired) electrons. The van der Waals surface area contributed by atoms with Crippen LogP contribution in [0.25, 0.3) is 5.76 Å². The highest BCUT2D eigenvalue weighted by atomic mass is 16.5. The van der Waals surface area contributed by atoms with Gasteiger partial charge >= 0.3 is 0 Å². The van der Waals surface area contributed by atoms with E-state index in [1.165, 1.54) is 4.90 Å². The molecule has 1 aromatic heterocycles. The predicted octanol–water partition coefficient (Wildman–Crippen LogP) is 4.50. The number of aliphatic hydroxyl groups is 1. The number of pyridine rings is 1. The summed E-state index contributed by atoms with van der Waals surface area (Å²) in [7, 11) is 1.58. The predicted molar refractivity (Wildman–Crippen MR) is 127 cm³/mol. The van der Waals surface area contributed by atoms with Gasteiger partial charge in [0.1, 0.15) is 17.3 Å². The Hall–Kier alpha value is -4.13. The van der Waals surface area contributed by atoms with Crippen molar-refractivity contribution >= 4 is 17.4 Å². The van der Waals surface area contributed by atoms with E-state index in [4.69, 9.17) is 9.47 Å². The number of benzene rings is 2. The molecule has 2 heterocycles. The lowest BCUT2D eigenvalue weighted by atomic mass is 9.96. The molecular weight excluding hydrogens is 432 g/mol. The first-order valence-electron chi connectivity index (χ1n) is 11.0. The van der Waals surface area contributed by atoms with Crippen LogP contribution in [0.5, 0.6) is 11.5 Å². The first-order valence-corrected chi connectivity index (χ1v) is 11.0. The van der Waals surface area contributed by atoms with Crippen LogP contribution in [-0.4, -0.2) is 39.9 Å². The van der Waals surface area contributed by atoms with Crippen LogP contribution in [-0.2, 0) is 16.1 Å². The van der Waals surface area contributed by atoms with E-state index in [1.54, 1.807) is 68.0 Å². The third-order valence-corrected chi connectivity index (χ3v) is 5.55. The quantitative estimate of drug-likeness (QED) is 0.319. The molecule has 7 heteroatoms. The molecule has 2 aromatic carbocycles. The minimum absolute atomic E-state index is 0.00769. The number of methoxy groups -OCH3 is 1. The molecule has 1 fully saturated rings. The Morgan fingerprint density at radius 3 is 2.29 bits per heavy atom. The fraction of sp³-hybridized carbons (Fsp3) is 0.222. The SMILES string of the molecule is COc1ccc(CN2C(=O)C(=O)/C(=C(\O)c3ccc(OC(C)C)cc3)C2c2cccnc2)cc1. The number of ether oxygens (including phenoxy) is 2. The van der Waals surface area contributed by atoms with Crippen molar-refractivity contribution in [1.82, 2.24) is 9.88 Å². The van der Waals surface area contributed by atoms with E-state index in [-0.39, 0.29) is 24.0 Å². The lowest BCUT2D eigenvalue weighted by Gasteiger charge is -2.25. The van der Waals surface area contributed by atoms with Crippen molar-refractivity contribution in [2.45, 2.75) is 32.5 Å². The molecule has 174 valence electrons. The van der Waals surface area contributed by atoms with Crippen LogP contribution < -0.4 is 9.47 Å². The molecule has 1 aliphatic rings. The smallest absolute Gasteiger partial charge is 0.295 e. The zero-order valence-electron chi connectivity index (χ0n) is 19.3. The maximum absolute atomic E-state index is 13.1. The number of likely N-dealkylation sites (tertiary alicyclic amines) is 1. The van der Waals surface area contributed by atoms with Crippen molar-refractivity contribution < 1.29 is 24.2 Å². The van der Waals surface area contributed by atoms with Crippen LogP contribution in [0.2, 0.25) is 0 Å². The Morgan fingerprint density at radius 1 is 1.03 bits per heavy atom. The number of ketones is 1. The maximum atomic E-state index is 13.1. The van der Waals surface area contributed by atoms with Crippen LogP contribution in [0, 0.1) is 0 Å². The monoisotopic (exact) mass is 458 g/mol. The van der Waals surface area contributed by atoms with Crippen LogP contribution in [0.15, 0.2) is 78.6 Å². The molecule has 1 aliphatic heterocycles. The molecule has 0 saturated carbocycles. The molecule has 7 nitrogen and oxygen atoms in total. The minimum atomic E-state index is -0.776. The second kappa shape index (κ2) is 9.79. The van der Waals surface area contributed by atoms with Gasteiger partial charge < -0.3 is 19.5 Å². The topological polar surface area (TPSA) is 89.0 Å². The Kier molecular flexibility index (Phi) is 6.63. The maximum Gasteiger partial charge on any atom is 0.295 e. The summed E-state index contributed by atoms with van der Waals surface area (Å²) in [5.41, 5.74) is 1.92. The Balaban J connectivity index is 1.75. The molecule has 1 N–H and O–H groups in total. The summed E-state index contributed by atoms with van der Waals surface area (Å²) in [5.74, 6) is -0.302. The number of aromatic nitrogens is 1. The number of carbonyl (C=O) groups is 2. The van der Waals surface area contributed by atoms with Gasteiger partial charge in [-0.15, -0.1) is 0 Å².